The summed E-state index contributed by atoms with van der Waals surface area (Å²) in [5, 5.41) is 12.3. The fourth-order valence-electron chi connectivity index (χ4n) is 2.39. The smallest absolute Gasteiger partial charge is 0.280 e. The molecule has 1 heterocycles. The van der Waals surface area contributed by atoms with E-state index in [1.165, 1.54) is 28.6 Å². The molecule has 0 spiro atoms. The minimum absolute atomic E-state index is 0.203. The summed E-state index contributed by atoms with van der Waals surface area (Å²) in [5.74, 6) is -0.939. The van der Waals surface area contributed by atoms with Crippen molar-refractivity contribution in [3.05, 3.63) is 24.3 Å². The van der Waals surface area contributed by atoms with Crippen molar-refractivity contribution in [1.29, 1.82) is 5.26 Å². The molecule has 1 fully saturated rings. The topological polar surface area (TPSA) is 129 Å². The number of rotatable bonds is 5. The molecule has 8 nitrogen and oxygen atoms in total. The molecule has 1 saturated heterocycles. The molecule has 24 heavy (non-hydrogen) atoms. The highest BCUT2D eigenvalue weighted by atomic mass is 32.2. The molecule has 0 aromatic heterocycles. The van der Waals surface area contributed by atoms with Gasteiger partial charge in [-0.05, 0) is 37.1 Å². The second-order valence-electron chi connectivity index (χ2n) is 5.39. The molecule has 3 N–H and O–H groups in total. The van der Waals surface area contributed by atoms with Crippen molar-refractivity contribution in [2.75, 3.05) is 18.5 Å². The Bertz CT molecular complexity index is 757. The second-order valence-corrected chi connectivity index (χ2v) is 7.33. The maximum atomic E-state index is 12.6. The number of anilines is 1. The Kier molecular flexibility index (Phi) is 5.89. The van der Waals surface area contributed by atoms with E-state index in [9.17, 15) is 13.2 Å². The molecule has 2 rings (SSSR count). The highest BCUT2D eigenvalue weighted by Gasteiger charge is 2.24. The molecular weight excluding hydrogens is 330 g/mol. The van der Waals surface area contributed by atoms with Gasteiger partial charge in [0.05, 0.1) is 10.6 Å². The number of carbonyl (C=O) groups is 1. The Morgan fingerprint density at radius 2 is 1.75 bits per heavy atom. The van der Waals surface area contributed by atoms with Gasteiger partial charge >= 0.3 is 0 Å². The molecular formula is C15H19N5O3S. The molecule has 0 atom stereocenters. The van der Waals surface area contributed by atoms with E-state index in [2.05, 4.69) is 10.5 Å². The van der Waals surface area contributed by atoms with Gasteiger partial charge in [-0.15, -0.1) is 0 Å². The van der Waals surface area contributed by atoms with Gasteiger partial charge < -0.3 is 5.73 Å². The van der Waals surface area contributed by atoms with Gasteiger partial charge in [-0.3, -0.25) is 10.2 Å². The number of nitrogens with two attached hydrogens (primary N) is 1. The van der Waals surface area contributed by atoms with Gasteiger partial charge in [0.15, 0.2) is 0 Å². The van der Waals surface area contributed by atoms with E-state index in [0.29, 0.717) is 18.8 Å². The quantitative estimate of drug-likeness (QED) is 0.606. The largest absolute Gasteiger partial charge is 0.364 e. The van der Waals surface area contributed by atoms with Gasteiger partial charge in [0.25, 0.3) is 5.91 Å². The molecule has 1 aliphatic heterocycles. The van der Waals surface area contributed by atoms with E-state index in [-0.39, 0.29) is 4.90 Å². The first-order chi connectivity index (χ1) is 11.4. The fraction of sp³-hybridized carbons (Fsp3) is 0.400. The normalized spacial score (nSPS) is 16.9. The van der Waals surface area contributed by atoms with Crippen molar-refractivity contribution in [1.82, 2.24) is 4.31 Å². The van der Waals surface area contributed by atoms with E-state index in [4.69, 9.17) is 11.0 Å². The summed E-state index contributed by atoms with van der Waals surface area (Å²) >= 11 is 0. The zero-order valence-corrected chi connectivity index (χ0v) is 13.9. The number of hydrazone groups is 1. The number of nitriles is 1. The van der Waals surface area contributed by atoms with E-state index in [1.54, 1.807) is 6.07 Å². The molecule has 1 aromatic rings. The molecule has 128 valence electrons. The summed E-state index contributed by atoms with van der Waals surface area (Å²) in [7, 11) is -3.51. The predicted molar refractivity (Wildman–Crippen MR) is 89.5 cm³/mol. The minimum atomic E-state index is -3.51. The van der Waals surface area contributed by atoms with Crippen LogP contribution in [0.2, 0.25) is 0 Å². The van der Waals surface area contributed by atoms with Gasteiger partial charge in [0.1, 0.15) is 6.07 Å². The summed E-state index contributed by atoms with van der Waals surface area (Å²) < 4.78 is 26.8. The van der Waals surface area contributed by atoms with Crippen LogP contribution in [0, 0.1) is 11.3 Å². The standard InChI is InChI=1S/C15H19N5O3S/c16-11-14(15(17)21)19-18-12-5-7-13(8-6-12)24(22,23)20-9-3-1-2-4-10-20/h5-8,18H,1-4,9-10H2,(H2,17,21)/b19-14-. The molecule has 9 heteroatoms. The van der Waals surface area contributed by atoms with E-state index >= 15 is 0 Å². The van der Waals surface area contributed by atoms with Gasteiger partial charge in [0.2, 0.25) is 15.7 Å². The fourth-order valence-corrected chi connectivity index (χ4v) is 3.91. The Hall–Kier alpha value is -2.44. The zero-order valence-electron chi connectivity index (χ0n) is 13.1. The summed E-state index contributed by atoms with van der Waals surface area (Å²) in [6.07, 6.45) is 3.84. The molecule has 1 amide bonds. The van der Waals surface area contributed by atoms with Gasteiger partial charge in [-0.1, -0.05) is 12.8 Å². The molecule has 1 aromatic carbocycles. The van der Waals surface area contributed by atoms with Crippen LogP contribution in [0.25, 0.3) is 0 Å². The first-order valence-corrected chi connectivity index (χ1v) is 9.03. The molecule has 0 radical (unpaired) electrons. The average molecular weight is 349 g/mol. The van der Waals surface area contributed by atoms with Crippen molar-refractivity contribution in [2.45, 2.75) is 30.6 Å². The number of primary amides is 1. The maximum Gasteiger partial charge on any atom is 0.280 e. The number of hydrogen-bond acceptors (Lipinski definition) is 6. The van der Waals surface area contributed by atoms with Crippen LogP contribution >= 0.6 is 0 Å². The van der Waals surface area contributed by atoms with Crippen LogP contribution in [0.15, 0.2) is 34.3 Å². The zero-order chi connectivity index (χ0) is 17.6. The third-order valence-electron chi connectivity index (χ3n) is 3.69. The maximum absolute atomic E-state index is 12.6. The summed E-state index contributed by atoms with van der Waals surface area (Å²) in [4.78, 5) is 11.1. The molecule has 0 saturated carbocycles. The Labute approximate surface area is 141 Å². The molecule has 0 unspecified atom stereocenters. The number of sulfonamides is 1. The van der Waals surface area contributed by atoms with Gasteiger partial charge in [-0.25, -0.2) is 8.42 Å². The van der Waals surface area contributed by atoms with E-state index in [0.717, 1.165) is 25.7 Å². The lowest BCUT2D eigenvalue weighted by Gasteiger charge is -2.20. The van der Waals surface area contributed by atoms with Crippen LogP contribution in [-0.4, -0.2) is 37.4 Å². The Morgan fingerprint density at radius 3 is 2.25 bits per heavy atom. The lowest BCUT2D eigenvalue weighted by atomic mass is 10.2. The first-order valence-electron chi connectivity index (χ1n) is 7.59. The summed E-state index contributed by atoms with van der Waals surface area (Å²) in [6.45, 7) is 1.08. The number of hydrogen-bond donors (Lipinski definition) is 2. The lowest BCUT2D eigenvalue weighted by molar-refractivity contribution is -0.111. The van der Waals surface area contributed by atoms with Crippen LogP contribution in [0.1, 0.15) is 25.7 Å². The van der Waals surface area contributed by atoms with Crippen LogP contribution in [0.5, 0.6) is 0 Å². The van der Waals surface area contributed by atoms with Crippen molar-refractivity contribution in [3.8, 4) is 6.07 Å². The van der Waals surface area contributed by atoms with Crippen LogP contribution in [0.3, 0.4) is 0 Å². The number of carbonyl (C=O) groups excluding carboxylic acids is 1. The average Bonchev–Trinajstić information content (AvgIpc) is 2.85. The SMILES string of the molecule is N#C/C(=N/Nc1ccc(S(=O)(=O)N2CCCCCC2)cc1)C(N)=O. The van der Waals surface area contributed by atoms with Crippen molar-refractivity contribution in [2.24, 2.45) is 10.8 Å². The van der Waals surface area contributed by atoms with E-state index in [1.807, 2.05) is 0 Å². The molecule has 0 bridgehead atoms. The number of amides is 1. The van der Waals surface area contributed by atoms with Crippen molar-refractivity contribution >= 4 is 27.3 Å². The minimum Gasteiger partial charge on any atom is -0.364 e. The van der Waals surface area contributed by atoms with E-state index < -0.39 is 21.6 Å². The third kappa shape index (κ3) is 4.31. The monoisotopic (exact) mass is 349 g/mol. The number of nitrogens with one attached hydrogen (secondary N) is 1. The van der Waals surface area contributed by atoms with Gasteiger partial charge in [0, 0.05) is 13.1 Å². The van der Waals surface area contributed by atoms with Crippen molar-refractivity contribution in [3.63, 3.8) is 0 Å². The van der Waals surface area contributed by atoms with Crippen molar-refractivity contribution < 1.29 is 13.2 Å². The Balaban J connectivity index is 2.13. The number of nitrogens with zero attached hydrogens (tertiary/aromatic N) is 3. The summed E-state index contributed by atoms with van der Waals surface area (Å²) in [5.41, 5.74) is 7.45. The molecule has 1 aliphatic rings. The first kappa shape index (κ1) is 17.9. The highest BCUT2D eigenvalue weighted by molar-refractivity contribution is 7.89. The second kappa shape index (κ2) is 7.90. The highest BCUT2D eigenvalue weighted by Crippen LogP contribution is 2.21. The third-order valence-corrected chi connectivity index (χ3v) is 5.61. The predicted octanol–water partition coefficient (Wildman–Crippen LogP) is 1.03. The van der Waals surface area contributed by atoms with Crippen LogP contribution in [0.4, 0.5) is 5.69 Å². The van der Waals surface area contributed by atoms with Gasteiger partial charge in [-0.2, -0.15) is 14.7 Å². The van der Waals surface area contributed by atoms with Crippen LogP contribution < -0.4 is 11.2 Å². The van der Waals surface area contributed by atoms with Crippen LogP contribution in [-0.2, 0) is 14.8 Å². The summed E-state index contributed by atoms with van der Waals surface area (Å²) in [6, 6.07) is 7.54. The molecule has 0 aliphatic carbocycles. The lowest BCUT2D eigenvalue weighted by Crippen LogP contribution is -2.31. The number of benzene rings is 1. The Morgan fingerprint density at radius 1 is 1.17 bits per heavy atom.